The fourth-order valence-electron chi connectivity index (χ4n) is 2.02. The number of halogens is 1. The van der Waals surface area contributed by atoms with Crippen LogP contribution in [0.4, 0.5) is 5.69 Å². The summed E-state index contributed by atoms with van der Waals surface area (Å²) in [6.07, 6.45) is 1.73. The molecule has 0 aliphatic carbocycles. The van der Waals surface area contributed by atoms with Crippen LogP contribution in [-0.4, -0.2) is 6.21 Å². The van der Waals surface area contributed by atoms with Crippen molar-refractivity contribution in [1.29, 1.82) is 0 Å². The van der Waals surface area contributed by atoms with Gasteiger partial charge < -0.3 is 4.74 Å². The number of benzene rings is 3. The first-order chi connectivity index (χ1) is 11.3. The van der Waals surface area contributed by atoms with Gasteiger partial charge in [0, 0.05) is 5.02 Å². The Morgan fingerprint density at radius 2 is 1.61 bits per heavy atom. The van der Waals surface area contributed by atoms with E-state index in [2.05, 4.69) is 10.5 Å². The van der Waals surface area contributed by atoms with Gasteiger partial charge in [0.05, 0.1) is 11.9 Å². The molecule has 3 rings (SSSR count). The summed E-state index contributed by atoms with van der Waals surface area (Å²) in [7, 11) is 0. The fourth-order valence-corrected chi connectivity index (χ4v) is 2.21. The highest BCUT2D eigenvalue weighted by atomic mass is 35.5. The first-order valence-corrected chi connectivity index (χ1v) is 7.55. The molecule has 0 fully saturated rings. The Morgan fingerprint density at radius 1 is 0.826 bits per heavy atom. The molecule has 4 heteroatoms. The highest BCUT2D eigenvalue weighted by molar-refractivity contribution is 6.30. The Labute approximate surface area is 140 Å². The van der Waals surface area contributed by atoms with Crippen molar-refractivity contribution in [3.8, 4) is 11.5 Å². The number of ether oxygens (including phenoxy) is 1. The van der Waals surface area contributed by atoms with E-state index in [4.69, 9.17) is 16.3 Å². The summed E-state index contributed by atoms with van der Waals surface area (Å²) in [5.41, 5.74) is 4.72. The van der Waals surface area contributed by atoms with E-state index in [1.807, 2.05) is 78.9 Å². The van der Waals surface area contributed by atoms with Gasteiger partial charge in [-0.25, -0.2) is 0 Å². The fraction of sp³-hybridized carbons (Fsp3) is 0. The first kappa shape index (κ1) is 15.1. The number of hydrogen-bond donors (Lipinski definition) is 1. The zero-order valence-corrected chi connectivity index (χ0v) is 13.1. The van der Waals surface area contributed by atoms with Gasteiger partial charge in [-0.1, -0.05) is 48.0 Å². The van der Waals surface area contributed by atoms with Crippen LogP contribution < -0.4 is 10.2 Å². The summed E-state index contributed by atoms with van der Waals surface area (Å²) in [6, 6.07) is 24.8. The second-order valence-corrected chi connectivity index (χ2v) is 5.30. The average molecular weight is 323 g/mol. The summed E-state index contributed by atoms with van der Waals surface area (Å²) in [4.78, 5) is 0. The average Bonchev–Trinajstić information content (AvgIpc) is 2.56. The minimum atomic E-state index is 0.670. The molecule has 0 aliphatic rings. The first-order valence-electron chi connectivity index (χ1n) is 7.17. The summed E-state index contributed by atoms with van der Waals surface area (Å²) in [5, 5.41) is 4.88. The third-order valence-electron chi connectivity index (χ3n) is 3.07. The van der Waals surface area contributed by atoms with Crippen LogP contribution in [0.2, 0.25) is 5.02 Å². The molecular formula is C19H15ClN2O. The molecule has 0 aromatic heterocycles. The van der Waals surface area contributed by atoms with Crippen LogP contribution >= 0.6 is 11.6 Å². The maximum Gasteiger partial charge on any atom is 0.128 e. The summed E-state index contributed by atoms with van der Waals surface area (Å²) < 4.78 is 5.80. The maximum atomic E-state index is 5.93. The second-order valence-electron chi connectivity index (χ2n) is 4.87. The van der Waals surface area contributed by atoms with Crippen molar-refractivity contribution < 1.29 is 4.74 Å². The van der Waals surface area contributed by atoms with E-state index < -0.39 is 0 Å². The van der Waals surface area contributed by atoms with Crippen LogP contribution in [0.5, 0.6) is 11.5 Å². The Bertz CT molecular complexity index is 803. The molecule has 0 heterocycles. The molecule has 3 aromatic rings. The van der Waals surface area contributed by atoms with Crippen LogP contribution in [0.3, 0.4) is 0 Å². The number of hydrazone groups is 1. The minimum Gasteiger partial charge on any atom is -0.457 e. The van der Waals surface area contributed by atoms with E-state index in [1.54, 1.807) is 6.21 Å². The molecular weight excluding hydrogens is 308 g/mol. The standard InChI is InChI=1S/C19H15ClN2O/c20-16-7-5-8-17(13-16)22-21-14-15-6-4-11-19(12-15)23-18-9-2-1-3-10-18/h1-14,22H. The summed E-state index contributed by atoms with van der Waals surface area (Å²) in [5.74, 6) is 1.57. The largest absolute Gasteiger partial charge is 0.457 e. The van der Waals surface area contributed by atoms with Crippen molar-refractivity contribution in [2.75, 3.05) is 5.43 Å². The van der Waals surface area contributed by atoms with E-state index >= 15 is 0 Å². The molecule has 0 spiro atoms. The van der Waals surface area contributed by atoms with Gasteiger partial charge in [0.25, 0.3) is 0 Å². The van der Waals surface area contributed by atoms with Gasteiger partial charge in [0.1, 0.15) is 11.5 Å². The van der Waals surface area contributed by atoms with E-state index in [1.165, 1.54) is 0 Å². The lowest BCUT2D eigenvalue weighted by Gasteiger charge is -2.06. The topological polar surface area (TPSA) is 33.6 Å². The summed E-state index contributed by atoms with van der Waals surface area (Å²) >= 11 is 5.93. The molecule has 114 valence electrons. The predicted octanol–water partition coefficient (Wildman–Crippen LogP) is 5.58. The maximum absolute atomic E-state index is 5.93. The molecule has 0 amide bonds. The molecule has 3 aromatic carbocycles. The highest BCUT2D eigenvalue weighted by Gasteiger charge is 1.97. The molecule has 0 radical (unpaired) electrons. The second kappa shape index (κ2) is 7.47. The number of rotatable bonds is 5. The van der Waals surface area contributed by atoms with Crippen molar-refractivity contribution in [3.63, 3.8) is 0 Å². The third kappa shape index (κ3) is 4.59. The minimum absolute atomic E-state index is 0.670. The van der Waals surface area contributed by atoms with E-state index in [0.717, 1.165) is 22.7 Å². The molecule has 0 atom stereocenters. The molecule has 0 unspecified atom stereocenters. The van der Waals surface area contributed by atoms with Gasteiger partial charge in [0.2, 0.25) is 0 Å². The molecule has 0 saturated carbocycles. The number of anilines is 1. The molecule has 23 heavy (non-hydrogen) atoms. The number of nitrogens with zero attached hydrogens (tertiary/aromatic N) is 1. The smallest absolute Gasteiger partial charge is 0.128 e. The van der Waals surface area contributed by atoms with Crippen LogP contribution in [0.15, 0.2) is 84.0 Å². The number of nitrogens with one attached hydrogen (secondary N) is 1. The Hall–Kier alpha value is -2.78. The third-order valence-corrected chi connectivity index (χ3v) is 3.30. The molecule has 1 N–H and O–H groups in total. The predicted molar refractivity (Wildman–Crippen MR) is 95.6 cm³/mol. The van der Waals surface area contributed by atoms with Crippen LogP contribution in [-0.2, 0) is 0 Å². The van der Waals surface area contributed by atoms with Gasteiger partial charge in [-0.05, 0) is 48.0 Å². The quantitative estimate of drug-likeness (QED) is 0.491. The molecule has 3 nitrogen and oxygen atoms in total. The molecule has 0 saturated heterocycles. The lowest BCUT2D eigenvalue weighted by molar-refractivity contribution is 0.482. The summed E-state index contributed by atoms with van der Waals surface area (Å²) in [6.45, 7) is 0. The van der Waals surface area contributed by atoms with Gasteiger partial charge >= 0.3 is 0 Å². The van der Waals surface area contributed by atoms with Gasteiger partial charge in [-0.3, -0.25) is 5.43 Å². The lowest BCUT2D eigenvalue weighted by atomic mass is 10.2. The SMILES string of the molecule is Clc1cccc(NN=Cc2cccc(Oc3ccccc3)c2)c1. The van der Waals surface area contributed by atoms with Crippen LogP contribution in [0.1, 0.15) is 5.56 Å². The van der Waals surface area contributed by atoms with Crippen molar-refractivity contribution in [3.05, 3.63) is 89.4 Å². The molecule has 0 bridgehead atoms. The van der Waals surface area contributed by atoms with Crippen molar-refractivity contribution in [1.82, 2.24) is 0 Å². The van der Waals surface area contributed by atoms with Crippen LogP contribution in [0, 0.1) is 0 Å². The van der Waals surface area contributed by atoms with E-state index in [9.17, 15) is 0 Å². The molecule has 0 aliphatic heterocycles. The van der Waals surface area contributed by atoms with Crippen LogP contribution in [0.25, 0.3) is 0 Å². The van der Waals surface area contributed by atoms with Gasteiger partial charge in [0.15, 0.2) is 0 Å². The Balaban J connectivity index is 1.66. The van der Waals surface area contributed by atoms with Crippen molar-refractivity contribution in [2.24, 2.45) is 5.10 Å². The zero-order chi connectivity index (χ0) is 15.9. The highest BCUT2D eigenvalue weighted by Crippen LogP contribution is 2.21. The van der Waals surface area contributed by atoms with Gasteiger partial charge in [-0.2, -0.15) is 5.10 Å². The van der Waals surface area contributed by atoms with E-state index in [0.29, 0.717) is 5.02 Å². The Morgan fingerprint density at radius 3 is 2.43 bits per heavy atom. The Kier molecular flexibility index (Phi) is 4.92. The number of hydrogen-bond acceptors (Lipinski definition) is 3. The normalized spacial score (nSPS) is 10.7. The van der Waals surface area contributed by atoms with Crippen molar-refractivity contribution in [2.45, 2.75) is 0 Å². The van der Waals surface area contributed by atoms with Gasteiger partial charge in [-0.15, -0.1) is 0 Å². The zero-order valence-electron chi connectivity index (χ0n) is 12.3. The van der Waals surface area contributed by atoms with E-state index in [-0.39, 0.29) is 0 Å². The lowest BCUT2D eigenvalue weighted by Crippen LogP contribution is -1.91. The monoisotopic (exact) mass is 322 g/mol. The number of para-hydroxylation sites is 1. The van der Waals surface area contributed by atoms with Crippen molar-refractivity contribution >= 4 is 23.5 Å².